The second-order valence-electron chi connectivity index (χ2n) is 5.69. The van der Waals surface area contributed by atoms with Crippen molar-refractivity contribution in [2.45, 2.75) is 13.3 Å². The highest BCUT2D eigenvalue weighted by molar-refractivity contribution is 5.97. The van der Waals surface area contributed by atoms with E-state index < -0.39 is 5.91 Å². The van der Waals surface area contributed by atoms with E-state index in [-0.39, 0.29) is 17.2 Å². The SMILES string of the molecule is Cc1oc(-c2ccccc2)nc1CCNC(=O)c1cc(C(N)=O)ccn1. The molecule has 0 unspecified atom stereocenters. The van der Waals surface area contributed by atoms with Crippen molar-refractivity contribution in [2.24, 2.45) is 5.73 Å². The van der Waals surface area contributed by atoms with Crippen LogP contribution in [0, 0.1) is 6.92 Å². The van der Waals surface area contributed by atoms with Crippen LogP contribution < -0.4 is 11.1 Å². The summed E-state index contributed by atoms with van der Waals surface area (Å²) in [4.78, 5) is 31.8. The van der Waals surface area contributed by atoms with Gasteiger partial charge in [0.05, 0.1) is 5.69 Å². The molecule has 2 heterocycles. The molecule has 26 heavy (non-hydrogen) atoms. The van der Waals surface area contributed by atoms with E-state index in [0.29, 0.717) is 24.6 Å². The van der Waals surface area contributed by atoms with Crippen LogP contribution in [-0.4, -0.2) is 28.3 Å². The van der Waals surface area contributed by atoms with E-state index in [9.17, 15) is 9.59 Å². The van der Waals surface area contributed by atoms with Crippen molar-refractivity contribution in [2.75, 3.05) is 6.54 Å². The Hall–Kier alpha value is -3.48. The summed E-state index contributed by atoms with van der Waals surface area (Å²) in [5.74, 6) is 0.290. The number of hydrogen-bond donors (Lipinski definition) is 2. The number of primary amides is 1. The minimum absolute atomic E-state index is 0.142. The van der Waals surface area contributed by atoms with Crippen LogP contribution >= 0.6 is 0 Å². The Kier molecular flexibility index (Phi) is 5.07. The number of nitrogens with two attached hydrogens (primary N) is 1. The third kappa shape index (κ3) is 3.94. The maximum atomic E-state index is 12.2. The summed E-state index contributed by atoms with van der Waals surface area (Å²) in [7, 11) is 0. The van der Waals surface area contributed by atoms with Gasteiger partial charge in [0, 0.05) is 30.3 Å². The summed E-state index contributed by atoms with van der Waals surface area (Å²) < 4.78 is 5.70. The molecule has 3 aromatic rings. The van der Waals surface area contributed by atoms with Gasteiger partial charge in [0.15, 0.2) is 0 Å². The fourth-order valence-corrected chi connectivity index (χ4v) is 2.46. The predicted octanol–water partition coefficient (Wildman–Crippen LogP) is 2.12. The van der Waals surface area contributed by atoms with Crippen molar-refractivity contribution >= 4 is 11.8 Å². The highest BCUT2D eigenvalue weighted by Crippen LogP contribution is 2.21. The largest absolute Gasteiger partial charge is 0.441 e. The Bertz CT molecular complexity index is 935. The van der Waals surface area contributed by atoms with E-state index in [1.807, 2.05) is 37.3 Å². The first-order valence-corrected chi connectivity index (χ1v) is 8.10. The highest BCUT2D eigenvalue weighted by atomic mass is 16.4. The van der Waals surface area contributed by atoms with Gasteiger partial charge in [-0.3, -0.25) is 14.6 Å². The Morgan fingerprint density at radius 2 is 1.96 bits per heavy atom. The van der Waals surface area contributed by atoms with E-state index in [2.05, 4.69) is 15.3 Å². The van der Waals surface area contributed by atoms with Gasteiger partial charge in [-0.05, 0) is 31.2 Å². The molecule has 0 saturated carbocycles. The molecule has 3 N–H and O–H groups in total. The number of aryl methyl sites for hydroxylation is 1. The van der Waals surface area contributed by atoms with Gasteiger partial charge in [0.2, 0.25) is 11.8 Å². The number of carbonyl (C=O) groups is 2. The molecule has 0 bridgehead atoms. The van der Waals surface area contributed by atoms with Crippen molar-refractivity contribution < 1.29 is 14.0 Å². The average Bonchev–Trinajstić information content (AvgIpc) is 3.03. The lowest BCUT2D eigenvalue weighted by atomic mass is 10.2. The number of amides is 2. The zero-order chi connectivity index (χ0) is 18.5. The number of nitrogens with one attached hydrogen (secondary N) is 1. The van der Waals surface area contributed by atoms with Crippen molar-refractivity contribution in [1.29, 1.82) is 0 Å². The first kappa shape index (κ1) is 17.3. The molecule has 7 nitrogen and oxygen atoms in total. The number of rotatable bonds is 6. The van der Waals surface area contributed by atoms with Gasteiger partial charge >= 0.3 is 0 Å². The quantitative estimate of drug-likeness (QED) is 0.707. The van der Waals surface area contributed by atoms with Gasteiger partial charge < -0.3 is 15.5 Å². The van der Waals surface area contributed by atoms with Crippen LogP contribution in [0.2, 0.25) is 0 Å². The van der Waals surface area contributed by atoms with Crippen LogP contribution in [0.5, 0.6) is 0 Å². The van der Waals surface area contributed by atoms with E-state index in [0.717, 1.165) is 11.3 Å². The number of hydrogen-bond acceptors (Lipinski definition) is 5. The van der Waals surface area contributed by atoms with Crippen LogP contribution in [0.15, 0.2) is 53.1 Å². The lowest BCUT2D eigenvalue weighted by Crippen LogP contribution is -2.27. The second kappa shape index (κ2) is 7.60. The van der Waals surface area contributed by atoms with Gasteiger partial charge in [0.1, 0.15) is 11.5 Å². The molecule has 132 valence electrons. The minimum Gasteiger partial charge on any atom is -0.441 e. The Morgan fingerprint density at radius 1 is 1.19 bits per heavy atom. The normalized spacial score (nSPS) is 10.5. The second-order valence-corrected chi connectivity index (χ2v) is 5.69. The van der Waals surface area contributed by atoms with Gasteiger partial charge in [-0.15, -0.1) is 0 Å². The molecule has 0 atom stereocenters. The molecular weight excluding hydrogens is 332 g/mol. The standard InChI is InChI=1S/C19H18N4O3/c1-12-15(23-19(26-12)13-5-3-2-4-6-13)8-10-22-18(25)16-11-14(17(20)24)7-9-21-16/h2-7,9,11H,8,10H2,1H3,(H2,20,24)(H,22,25). The van der Waals surface area contributed by atoms with Crippen molar-refractivity contribution in [3.8, 4) is 11.5 Å². The lowest BCUT2D eigenvalue weighted by molar-refractivity contribution is 0.0949. The van der Waals surface area contributed by atoms with Gasteiger partial charge in [0.25, 0.3) is 5.91 Å². The molecule has 2 amide bonds. The molecule has 0 aliphatic heterocycles. The molecule has 0 radical (unpaired) electrons. The minimum atomic E-state index is -0.604. The number of pyridine rings is 1. The molecule has 3 rings (SSSR count). The molecular formula is C19H18N4O3. The van der Waals surface area contributed by atoms with Crippen LogP contribution in [-0.2, 0) is 6.42 Å². The third-order valence-corrected chi connectivity index (χ3v) is 3.84. The van der Waals surface area contributed by atoms with Gasteiger partial charge in [-0.2, -0.15) is 0 Å². The van der Waals surface area contributed by atoms with Crippen molar-refractivity contribution in [3.05, 3.63) is 71.4 Å². The third-order valence-electron chi connectivity index (χ3n) is 3.84. The zero-order valence-corrected chi connectivity index (χ0v) is 14.2. The molecule has 0 aliphatic rings. The number of carbonyl (C=O) groups excluding carboxylic acids is 2. The Morgan fingerprint density at radius 3 is 2.69 bits per heavy atom. The fraction of sp³-hybridized carbons (Fsp3) is 0.158. The predicted molar refractivity (Wildman–Crippen MR) is 95.5 cm³/mol. The topological polar surface area (TPSA) is 111 Å². The lowest BCUT2D eigenvalue weighted by Gasteiger charge is -2.04. The Labute approximate surface area is 150 Å². The van der Waals surface area contributed by atoms with Crippen molar-refractivity contribution in [1.82, 2.24) is 15.3 Å². The molecule has 0 aliphatic carbocycles. The first-order chi connectivity index (χ1) is 12.5. The molecule has 0 fully saturated rings. The van der Waals surface area contributed by atoms with Crippen molar-refractivity contribution in [3.63, 3.8) is 0 Å². The highest BCUT2D eigenvalue weighted by Gasteiger charge is 2.13. The smallest absolute Gasteiger partial charge is 0.269 e. The van der Waals surface area contributed by atoms with E-state index in [1.165, 1.54) is 18.3 Å². The maximum Gasteiger partial charge on any atom is 0.269 e. The van der Waals surface area contributed by atoms with Crippen LogP contribution in [0.4, 0.5) is 0 Å². The number of nitrogens with zero attached hydrogens (tertiary/aromatic N) is 2. The number of aromatic nitrogens is 2. The summed E-state index contributed by atoms with van der Waals surface area (Å²) in [5.41, 5.74) is 7.27. The Balaban J connectivity index is 1.62. The van der Waals surface area contributed by atoms with Crippen LogP contribution in [0.25, 0.3) is 11.5 Å². The summed E-state index contributed by atoms with van der Waals surface area (Å²) in [6.07, 6.45) is 1.90. The molecule has 7 heteroatoms. The molecule has 1 aromatic carbocycles. The summed E-state index contributed by atoms with van der Waals surface area (Å²) >= 11 is 0. The zero-order valence-electron chi connectivity index (χ0n) is 14.2. The van der Waals surface area contributed by atoms with Gasteiger partial charge in [-0.25, -0.2) is 4.98 Å². The summed E-state index contributed by atoms with van der Waals surface area (Å²) in [5, 5.41) is 2.75. The maximum absolute atomic E-state index is 12.2. The van der Waals surface area contributed by atoms with E-state index in [4.69, 9.17) is 10.2 Å². The van der Waals surface area contributed by atoms with Crippen LogP contribution in [0.1, 0.15) is 32.3 Å². The molecule has 0 spiro atoms. The summed E-state index contributed by atoms with van der Waals surface area (Å²) in [6.45, 7) is 2.21. The fourth-order valence-electron chi connectivity index (χ4n) is 2.46. The van der Waals surface area contributed by atoms with E-state index >= 15 is 0 Å². The summed E-state index contributed by atoms with van der Waals surface area (Å²) in [6, 6.07) is 12.4. The monoisotopic (exact) mass is 350 g/mol. The van der Waals surface area contributed by atoms with Gasteiger partial charge in [-0.1, -0.05) is 18.2 Å². The average molecular weight is 350 g/mol. The number of benzene rings is 1. The molecule has 2 aromatic heterocycles. The molecule has 0 saturated heterocycles. The van der Waals surface area contributed by atoms with E-state index in [1.54, 1.807) is 0 Å². The first-order valence-electron chi connectivity index (χ1n) is 8.10. The number of oxazole rings is 1. The van der Waals surface area contributed by atoms with Crippen LogP contribution in [0.3, 0.4) is 0 Å².